The van der Waals surface area contributed by atoms with E-state index in [1.165, 1.54) is 0 Å². The minimum Gasteiger partial charge on any atom is -0.454 e. The lowest BCUT2D eigenvalue weighted by molar-refractivity contribution is 0.174. The van der Waals surface area contributed by atoms with E-state index in [-0.39, 0.29) is 6.79 Å². The zero-order valence-corrected chi connectivity index (χ0v) is 11.6. The van der Waals surface area contributed by atoms with Crippen LogP contribution in [0.3, 0.4) is 0 Å². The van der Waals surface area contributed by atoms with Gasteiger partial charge in [-0.25, -0.2) is 0 Å². The van der Waals surface area contributed by atoms with Crippen molar-refractivity contribution >= 4 is 11.6 Å². The van der Waals surface area contributed by atoms with E-state index in [4.69, 9.17) is 21.1 Å². The summed E-state index contributed by atoms with van der Waals surface area (Å²) in [4.78, 5) is 2.27. The van der Waals surface area contributed by atoms with Crippen LogP contribution in [-0.2, 0) is 6.54 Å². The minimum absolute atomic E-state index is 0.260. The second-order valence-electron chi connectivity index (χ2n) is 4.51. The lowest BCUT2D eigenvalue weighted by Crippen LogP contribution is -2.22. The highest BCUT2D eigenvalue weighted by molar-refractivity contribution is 6.32. The molecule has 1 heterocycles. The Morgan fingerprint density at radius 3 is 3.00 bits per heavy atom. The van der Waals surface area contributed by atoms with Crippen LogP contribution in [0.15, 0.2) is 12.1 Å². The summed E-state index contributed by atoms with van der Waals surface area (Å²) in [6.45, 7) is 3.20. The Morgan fingerprint density at radius 2 is 2.22 bits per heavy atom. The molecule has 0 fully saturated rings. The molecule has 0 spiro atoms. The summed E-state index contributed by atoms with van der Waals surface area (Å²) in [6, 6.07) is 3.95. The van der Waals surface area contributed by atoms with Crippen LogP contribution in [0.4, 0.5) is 0 Å². The smallest absolute Gasteiger partial charge is 0.231 e. The van der Waals surface area contributed by atoms with Gasteiger partial charge in [0.15, 0.2) is 11.5 Å². The molecule has 0 atom stereocenters. The summed E-state index contributed by atoms with van der Waals surface area (Å²) >= 11 is 6.15. The minimum atomic E-state index is 0.260. The molecule has 0 bridgehead atoms. The molecular weight excluding hydrogens is 252 g/mol. The van der Waals surface area contributed by atoms with Crippen molar-refractivity contribution in [2.75, 3.05) is 34.0 Å². The van der Waals surface area contributed by atoms with Gasteiger partial charge in [-0.15, -0.1) is 0 Å². The maximum absolute atomic E-state index is 6.15. The fourth-order valence-electron chi connectivity index (χ4n) is 2.03. The molecule has 1 aromatic carbocycles. The van der Waals surface area contributed by atoms with Crippen LogP contribution in [0.1, 0.15) is 12.0 Å². The highest BCUT2D eigenvalue weighted by atomic mass is 35.5. The second-order valence-corrected chi connectivity index (χ2v) is 4.91. The molecule has 5 heteroatoms. The van der Waals surface area contributed by atoms with E-state index < -0.39 is 0 Å². The molecule has 2 rings (SSSR count). The number of nitrogens with zero attached hydrogens (tertiary/aromatic N) is 1. The molecule has 0 saturated carbocycles. The Labute approximate surface area is 113 Å². The Bertz CT molecular complexity index is 412. The van der Waals surface area contributed by atoms with Crippen molar-refractivity contribution in [1.82, 2.24) is 10.2 Å². The first-order chi connectivity index (χ1) is 8.70. The average Bonchev–Trinajstić information content (AvgIpc) is 2.78. The predicted molar refractivity (Wildman–Crippen MR) is 72.5 cm³/mol. The van der Waals surface area contributed by atoms with Crippen LogP contribution in [0.2, 0.25) is 5.02 Å². The summed E-state index contributed by atoms with van der Waals surface area (Å²) in [5, 5.41) is 3.77. The standard InChI is InChI=1S/C13H19ClN2O2/c1-15-4-3-5-16(2)8-10-6-11(14)13-12(7-10)17-9-18-13/h6-7,15H,3-5,8-9H2,1-2H3. The SMILES string of the molecule is CNCCCN(C)Cc1cc(Cl)c2c(c1)OCO2. The number of rotatable bonds is 6. The van der Waals surface area contributed by atoms with Gasteiger partial charge in [0, 0.05) is 6.54 Å². The summed E-state index contributed by atoms with van der Waals surface area (Å²) in [7, 11) is 4.08. The van der Waals surface area contributed by atoms with Gasteiger partial charge in [0.1, 0.15) is 0 Å². The quantitative estimate of drug-likeness (QED) is 0.803. The Balaban J connectivity index is 1.95. The van der Waals surface area contributed by atoms with Crippen LogP contribution in [0.5, 0.6) is 11.5 Å². The first kappa shape index (κ1) is 13.5. The van der Waals surface area contributed by atoms with Gasteiger partial charge in [-0.3, -0.25) is 0 Å². The maximum Gasteiger partial charge on any atom is 0.231 e. The van der Waals surface area contributed by atoms with E-state index in [2.05, 4.69) is 17.3 Å². The molecule has 18 heavy (non-hydrogen) atoms. The van der Waals surface area contributed by atoms with E-state index in [9.17, 15) is 0 Å². The van der Waals surface area contributed by atoms with Crippen molar-refractivity contribution < 1.29 is 9.47 Å². The molecule has 1 aliphatic heterocycles. The monoisotopic (exact) mass is 270 g/mol. The highest BCUT2D eigenvalue weighted by Crippen LogP contribution is 2.39. The molecule has 1 N–H and O–H groups in total. The molecule has 0 unspecified atom stereocenters. The van der Waals surface area contributed by atoms with Gasteiger partial charge in [-0.1, -0.05) is 11.6 Å². The van der Waals surface area contributed by atoms with Crippen molar-refractivity contribution in [1.29, 1.82) is 0 Å². The van der Waals surface area contributed by atoms with Crippen LogP contribution < -0.4 is 14.8 Å². The first-order valence-electron chi connectivity index (χ1n) is 6.12. The van der Waals surface area contributed by atoms with E-state index >= 15 is 0 Å². The van der Waals surface area contributed by atoms with Gasteiger partial charge in [0.2, 0.25) is 6.79 Å². The third-order valence-corrected chi connectivity index (χ3v) is 3.19. The van der Waals surface area contributed by atoms with Crippen molar-refractivity contribution in [3.63, 3.8) is 0 Å². The molecule has 100 valence electrons. The van der Waals surface area contributed by atoms with Gasteiger partial charge in [-0.2, -0.15) is 0 Å². The Morgan fingerprint density at radius 1 is 1.39 bits per heavy atom. The zero-order valence-electron chi connectivity index (χ0n) is 10.8. The van der Waals surface area contributed by atoms with E-state index in [1.54, 1.807) is 0 Å². The van der Waals surface area contributed by atoms with Crippen LogP contribution in [0.25, 0.3) is 0 Å². The molecular formula is C13H19ClN2O2. The fraction of sp³-hybridized carbons (Fsp3) is 0.538. The lowest BCUT2D eigenvalue weighted by atomic mass is 10.2. The van der Waals surface area contributed by atoms with Crippen LogP contribution in [-0.4, -0.2) is 38.9 Å². The van der Waals surface area contributed by atoms with Crippen molar-refractivity contribution in [2.45, 2.75) is 13.0 Å². The number of fused-ring (bicyclic) bond motifs is 1. The number of ether oxygens (including phenoxy) is 2. The van der Waals surface area contributed by atoms with Crippen molar-refractivity contribution in [3.8, 4) is 11.5 Å². The summed E-state index contributed by atoms with van der Waals surface area (Å²) in [5.74, 6) is 1.42. The number of benzene rings is 1. The van der Waals surface area contributed by atoms with Crippen molar-refractivity contribution in [3.05, 3.63) is 22.7 Å². The second kappa shape index (κ2) is 6.27. The van der Waals surface area contributed by atoms with E-state index in [0.717, 1.165) is 37.4 Å². The maximum atomic E-state index is 6.15. The largest absolute Gasteiger partial charge is 0.454 e. The van der Waals surface area contributed by atoms with Crippen LogP contribution in [0, 0.1) is 0 Å². The van der Waals surface area contributed by atoms with Gasteiger partial charge in [0.05, 0.1) is 5.02 Å². The van der Waals surface area contributed by atoms with Crippen molar-refractivity contribution in [2.24, 2.45) is 0 Å². The molecule has 0 aromatic heterocycles. The summed E-state index contributed by atoms with van der Waals surface area (Å²) in [5.41, 5.74) is 1.15. The van der Waals surface area contributed by atoms with Crippen LogP contribution >= 0.6 is 11.6 Å². The molecule has 1 aliphatic rings. The van der Waals surface area contributed by atoms with Gasteiger partial charge in [-0.05, 0) is 51.3 Å². The Hall–Kier alpha value is -0.970. The predicted octanol–water partition coefficient (Wildman–Crippen LogP) is 2.11. The number of halogens is 1. The molecule has 0 saturated heterocycles. The molecule has 0 radical (unpaired) electrons. The number of hydrogen-bond acceptors (Lipinski definition) is 4. The van der Waals surface area contributed by atoms with Gasteiger partial charge >= 0.3 is 0 Å². The van der Waals surface area contributed by atoms with Gasteiger partial charge in [0.25, 0.3) is 0 Å². The molecule has 0 aliphatic carbocycles. The Kier molecular flexibility index (Phi) is 4.69. The normalized spacial score (nSPS) is 13.3. The average molecular weight is 271 g/mol. The fourth-order valence-corrected chi connectivity index (χ4v) is 2.32. The molecule has 4 nitrogen and oxygen atoms in total. The molecule has 1 aromatic rings. The van der Waals surface area contributed by atoms with E-state index in [1.807, 2.05) is 19.2 Å². The molecule has 0 amide bonds. The van der Waals surface area contributed by atoms with Gasteiger partial charge < -0.3 is 19.7 Å². The number of nitrogens with one attached hydrogen (secondary N) is 1. The topological polar surface area (TPSA) is 33.7 Å². The third kappa shape index (κ3) is 3.28. The summed E-state index contributed by atoms with van der Waals surface area (Å²) < 4.78 is 10.7. The first-order valence-corrected chi connectivity index (χ1v) is 6.49. The third-order valence-electron chi connectivity index (χ3n) is 2.91. The lowest BCUT2D eigenvalue weighted by Gasteiger charge is -2.17. The zero-order chi connectivity index (χ0) is 13.0. The van der Waals surface area contributed by atoms with E-state index in [0.29, 0.717) is 10.8 Å². The summed E-state index contributed by atoms with van der Waals surface area (Å²) in [6.07, 6.45) is 1.13. The highest BCUT2D eigenvalue weighted by Gasteiger charge is 2.18. The number of hydrogen-bond donors (Lipinski definition) is 1.